The fourth-order valence-corrected chi connectivity index (χ4v) is 1.93. The first-order valence-electron chi connectivity index (χ1n) is 5.82. The zero-order valence-corrected chi connectivity index (χ0v) is 12.8. The average molecular weight is 360 g/mol. The number of rotatable bonds is 6. The molecule has 0 aliphatic heterocycles. The maximum atomic E-state index is 9.18. The van der Waals surface area contributed by atoms with Crippen LogP contribution in [-0.2, 0) is 6.61 Å². The summed E-state index contributed by atoms with van der Waals surface area (Å²) in [5.41, 5.74) is 0.620. The van der Waals surface area contributed by atoms with E-state index in [0.29, 0.717) is 40.2 Å². The fraction of sp³-hybridized carbons (Fsp3) is 0.231. The van der Waals surface area contributed by atoms with Crippen LogP contribution in [0.3, 0.4) is 0 Å². The van der Waals surface area contributed by atoms with Gasteiger partial charge < -0.3 is 14.6 Å². The number of pyridine rings is 2. The number of halogens is 2. The van der Waals surface area contributed by atoms with Crippen molar-refractivity contribution in [1.29, 1.82) is 0 Å². The number of aliphatic hydroxyl groups excluding tert-OH is 1. The van der Waals surface area contributed by atoms with Gasteiger partial charge in [-0.05, 0) is 22.0 Å². The Morgan fingerprint density at radius 1 is 1.25 bits per heavy atom. The molecular weight excluding hydrogens is 348 g/mol. The Labute approximate surface area is 129 Å². The van der Waals surface area contributed by atoms with Crippen molar-refractivity contribution in [1.82, 2.24) is 9.97 Å². The number of aliphatic hydroxyl groups is 1. The molecule has 0 fully saturated rings. The predicted molar refractivity (Wildman–Crippen MR) is 78.1 cm³/mol. The van der Waals surface area contributed by atoms with Crippen LogP contribution in [0.4, 0.5) is 0 Å². The molecule has 0 aliphatic rings. The van der Waals surface area contributed by atoms with Crippen molar-refractivity contribution in [2.45, 2.75) is 6.61 Å². The van der Waals surface area contributed by atoms with Crippen molar-refractivity contribution in [3.63, 3.8) is 0 Å². The summed E-state index contributed by atoms with van der Waals surface area (Å²) in [6.07, 6.45) is 1.55. The topological polar surface area (TPSA) is 64.5 Å². The Kier molecular flexibility index (Phi) is 5.58. The minimum absolute atomic E-state index is 0.133. The lowest BCUT2D eigenvalue weighted by atomic mass is 10.3. The van der Waals surface area contributed by atoms with Crippen LogP contribution in [0.1, 0.15) is 5.56 Å². The zero-order chi connectivity index (χ0) is 14.4. The first kappa shape index (κ1) is 15.0. The van der Waals surface area contributed by atoms with Gasteiger partial charge in [-0.2, -0.15) is 0 Å². The van der Waals surface area contributed by atoms with Crippen LogP contribution >= 0.6 is 27.5 Å². The summed E-state index contributed by atoms with van der Waals surface area (Å²) in [5.74, 6) is 1.01. The number of hydrogen-bond acceptors (Lipinski definition) is 5. The van der Waals surface area contributed by atoms with Crippen LogP contribution in [0.15, 0.2) is 35.1 Å². The molecular formula is C13H12BrClN2O3. The SMILES string of the molecule is OCc1cnc(Br)cc1OCCOc1cccc(Cl)n1. The van der Waals surface area contributed by atoms with E-state index < -0.39 is 0 Å². The van der Waals surface area contributed by atoms with Crippen molar-refractivity contribution in [2.24, 2.45) is 0 Å². The molecule has 0 amide bonds. The first-order valence-corrected chi connectivity index (χ1v) is 6.99. The highest BCUT2D eigenvalue weighted by molar-refractivity contribution is 9.10. The number of nitrogens with zero attached hydrogens (tertiary/aromatic N) is 2. The monoisotopic (exact) mass is 358 g/mol. The highest BCUT2D eigenvalue weighted by Crippen LogP contribution is 2.21. The van der Waals surface area contributed by atoms with E-state index in [2.05, 4.69) is 25.9 Å². The van der Waals surface area contributed by atoms with Crippen molar-refractivity contribution >= 4 is 27.5 Å². The summed E-state index contributed by atoms with van der Waals surface area (Å²) in [6.45, 7) is 0.502. The van der Waals surface area contributed by atoms with E-state index >= 15 is 0 Å². The maximum Gasteiger partial charge on any atom is 0.214 e. The third-order valence-electron chi connectivity index (χ3n) is 2.36. The fourth-order valence-electron chi connectivity index (χ4n) is 1.46. The Hall–Kier alpha value is -1.37. The highest BCUT2D eigenvalue weighted by Gasteiger charge is 2.05. The maximum absolute atomic E-state index is 9.18. The Morgan fingerprint density at radius 3 is 2.80 bits per heavy atom. The van der Waals surface area contributed by atoms with Gasteiger partial charge in [-0.3, -0.25) is 0 Å². The number of hydrogen-bond donors (Lipinski definition) is 1. The summed E-state index contributed by atoms with van der Waals surface area (Å²) < 4.78 is 11.6. The van der Waals surface area contributed by atoms with Gasteiger partial charge in [0.15, 0.2) is 0 Å². The number of ether oxygens (including phenoxy) is 2. The molecule has 2 heterocycles. The second-order valence-electron chi connectivity index (χ2n) is 3.77. The third kappa shape index (κ3) is 4.33. The van der Waals surface area contributed by atoms with Gasteiger partial charge in [0.1, 0.15) is 28.7 Å². The van der Waals surface area contributed by atoms with Gasteiger partial charge in [-0.1, -0.05) is 17.7 Å². The second-order valence-corrected chi connectivity index (χ2v) is 4.97. The van der Waals surface area contributed by atoms with E-state index in [1.165, 1.54) is 0 Å². The van der Waals surface area contributed by atoms with Gasteiger partial charge in [0, 0.05) is 23.9 Å². The predicted octanol–water partition coefficient (Wildman–Crippen LogP) is 2.84. The lowest BCUT2D eigenvalue weighted by Crippen LogP contribution is -2.11. The Morgan fingerprint density at radius 2 is 2.05 bits per heavy atom. The molecule has 0 bridgehead atoms. The largest absolute Gasteiger partial charge is 0.490 e. The Balaban J connectivity index is 1.85. The van der Waals surface area contributed by atoms with Gasteiger partial charge in [0.25, 0.3) is 0 Å². The normalized spacial score (nSPS) is 10.3. The van der Waals surface area contributed by atoms with Crippen LogP contribution in [0.25, 0.3) is 0 Å². The van der Waals surface area contributed by atoms with Crippen LogP contribution in [0, 0.1) is 0 Å². The molecule has 0 radical (unpaired) electrons. The molecule has 0 aromatic carbocycles. The quantitative estimate of drug-likeness (QED) is 0.635. The van der Waals surface area contributed by atoms with E-state index in [-0.39, 0.29) is 6.61 Å². The summed E-state index contributed by atoms with van der Waals surface area (Å²) in [5, 5.41) is 9.56. The first-order chi connectivity index (χ1) is 9.69. The van der Waals surface area contributed by atoms with Crippen LogP contribution in [-0.4, -0.2) is 28.3 Å². The molecule has 2 aromatic heterocycles. The van der Waals surface area contributed by atoms with E-state index in [9.17, 15) is 5.11 Å². The molecule has 20 heavy (non-hydrogen) atoms. The zero-order valence-electron chi connectivity index (χ0n) is 10.4. The molecule has 0 aliphatic carbocycles. The summed E-state index contributed by atoms with van der Waals surface area (Å²) >= 11 is 9.00. The van der Waals surface area contributed by atoms with E-state index in [4.69, 9.17) is 21.1 Å². The van der Waals surface area contributed by atoms with Crippen molar-refractivity contribution in [3.8, 4) is 11.6 Å². The van der Waals surface area contributed by atoms with E-state index in [0.717, 1.165) is 0 Å². The van der Waals surface area contributed by atoms with Gasteiger partial charge >= 0.3 is 0 Å². The molecule has 2 aromatic rings. The van der Waals surface area contributed by atoms with Gasteiger partial charge in [-0.25, -0.2) is 9.97 Å². The molecule has 2 rings (SSSR count). The van der Waals surface area contributed by atoms with Crippen molar-refractivity contribution < 1.29 is 14.6 Å². The minimum Gasteiger partial charge on any atom is -0.490 e. The highest BCUT2D eigenvalue weighted by atomic mass is 79.9. The summed E-state index contributed by atoms with van der Waals surface area (Å²) in [6, 6.07) is 6.85. The average Bonchev–Trinajstić information content (AvgIpc) is 2.44. The molecule has 0 atom stereocenters. The molecule has 0 unspecified atom stereocenters. The molecule has 5 nitrogen and oxygen atoms in total. The second kappa shape index (κ2) is 7.42. The summed E-state index contributed by atoms with van der Waals surface area (Å²) in [7, 11) is 0. The third-order valence-corrected chi connectivity index (χ3v) is 3.01. The molecule has 0 saturated heterocycles. The molecule has 0 spiro atoms. The van der Waals surface area contributed by atoms with E-state index in [1.807, 2.05) is 0 Å². The molecule has 7 heteroatoms. The van der Waals surface area contributed by atoms with Gasteiger partial charge in [0.2, 0.25) is 5.88 Å². The molecule has 1 N–H and O–H groups in total. The summed E-state index contributed by atoms with van der Waals surface area (Å²) in [4.78, 5) is 8.01. The molecule has 0 saturated carbocycles. The van der Waals surface area contributed by atoms with Crippen molar-refractivity contribution in [2.75, 3.05) is 13.2 Å². The lowest BCUT2D eigenvalue weighted by molar-refractivity contribution is 0.205. The standard InChI is InChI=1S/C13H12BrClN2O3/c14-11-6-10(9(8-18)7-16-11)19-4-5-20-13-3-1-2-12(15)17-13/h1-3,6-7,18H,4-5,8H2. The smallest absolute Gasteiger partial charge is 0.214 e. The number of aromatic nitrogens is 2. The van der Waals surface area contributed by atoms with Crippen LogP contribution < -0.4 is 9.47 Å². The molecule has 106 valence electrons. The Bertz CT molecular complexity index is 583. The lowest BCUT2D eigenvalue weighted by Gasteiger charge is -2.10. The van der Waals surface area contributed by atoms with Crippen LogP contribution in [0.2, 0.25) is 5.15 Å². The van der Waals surface area contributed by atoms with Gasteiger partial charge in [-0.15, -0.1) is 0 Å². The van der Waals surface area contributed by atoms with Crippen molar-refractivity contribution in [3.05, 3.63) is 45.8 Å². The van der Waals surface area contributed by atoms with E-state index in [1.54, 1.807) is 30.5 Å². The minimum atomic E-state index is -0.133. The van der Waals surface area contributed by atoms with Gasteiger partial charge in [0.05, 0.1) is 6.61 Å². The van der Waals surface area contributed by atoms with Crippen LogP contribution in [0.5, 0.6) is 11.6 Å².